The highest BCUT2D eigenvalue weighted by atomic mass is 14.1. The summed E-state index contributed by atoms with van der Waals surface area (Å²) in [6, 6.07) is 4.71. The molecule has 0 nitrogen and oxygen atoms in total. The van der Waals surface area contributed by atoms with Gasteiger partial charge >= 0.3 is 0 Å². The number of allylic oxidation sites excluding steroid dienone is 1. The molecular formula is C13H16. The first-order chi connectivity index (χ1) is 6.35. The number of rotatable bonds is 2. The third-order valence-corrected chi connectivity index (χ3v) is 2.82. The Morgan fingerprint density at radius 2 is 2.00 bits per heavy atom. The van der Waals surface area contributed by atoms with Crippen molar-refractivity contribution in [3.8, 4) is 0 Å². The molecule has 1 aromatic carbocycles. The molecule has 0 saturated carbocycles. The average molecular weight is 172 g/mol. The largest absolute Gasteiger partial charge is 0.0795 e. The molecule has 0 fully saturated rings. The van der Waals surface area contributed by atoms with E-state index in [0.717, 1.165) is 19.3 Å². The highest BCUT2D eigenvalue weighted by Gasteiger charge is 2.09. The van der Waals surface area contributed by atoms with E-state index in [0.29, 0.717) is 0 Å². The van der Waals surface area contributed by atoms with E-state index >= 15 is 0 Å². The maximum absolute atomic E-state index is 2.36. The van der Waals surface area contributed by atoms with E-state index in [1.807, 2.05) is 0 Å². The second-order valence-corrected chi connectivity index (χ2v) is 3.64. The normalized spacial score (nSPS) is 13.4. The van der Waals surface area contributed by atoms with Crippen molar-refractivity contribution in [1.82, 2.24) is 0 Å². The third-order valence-electron chi connectivity index (χ3n) is 2.82. The van der Waals surface area contributed by atoms with Crippen molar-refractivity contribution in [3.63, 3.8) is 0 Å². The lowest BCUT2D eigenvalue weighted by molar-refractivity contribution is 1.07. The molecule has 0 heteroatoms. The first-order valence-electron chi connectivity index (χ1n) is 5.16. The molecule has 0 atom stereocenters. The summed E-state index contributed by atoms with van der Waals surface area (Å²) in [6.07, 6.45) is 7.98. The molecule has 0 bridgehead atoms. The Bertz CT molecular complexity index is 345. The summed E-state index contributed by atoms with van der Waals surface area (Å²) in [4.78, 5) is 0. The van der Waals surface area contributed by atoms with Crippen LogP contribution in [0.4, 0.5) is 0 Å². The van der Waals surface area contributed by atoms with Crippen molar-refractivity contribution < 1.29 is 0 Å². The van der Waals surface area contributed by atoms with Crippen molar-refractivity contribution in [2.75, 3.05) is 0 Å². The topological polar surface area (TPSA) is 0 Å². The third kappa shape index (κ3) is 1.41. The van der Waals surface area contributed by atoms with E-state index in [1.165, 1.54) is 22.3 Å². The molecule has 1 aliphatic rings. The molecule has 0 aromatic heterocycles. The van der Waals surface area contributed by atoms with E-state index in [2.05, 4.69) is 38.1 Å². The Labute approximate surface area is 80.3 Å². The Morgan fingerprint density at radius 3 is 2.69 bits per heavy atom. The van der Waals surface area contributed by atoms with Crippen LogP contribution >= 0.6 is 0 Å². The fraction of sp³-hybridized carbons (Fsp3) is 0.385. The van der Waals surface area contributed by atoms with Crippen LogP contribution in [0.25, 0.3) is 6.08 Å². The number of benzene rings is 1. The fourth-order valence-corrected chi connectivity index (χ4v) is 2.03. The predicted molar refractivity (Wildman–Crippen MR) is 57.9 cm³/mol. The number of fused-ring (bicyclic) bond motifs is 1. The SMILES string of the molecule is CCc1cc(CC)c2c(c1)CC=C2. The minimum atomic E-state index is 1.14. The van der Waals surface area contributed by atoms with Gasteiger partial charge in [-0.1, -0.05) is 38.1 Å². The summed E-state index contributed by atoms with van der Waals surface area (Å²) < 4.78 is 0. The first-order valence-corrected chi connectivity index (χ1v) is 5.16. The van der Waals surface area contributed by atoms with Crippen LogP contribution in [-0.4, -0.2) is 0 Å². The van der Waals surface area contributed by atoms with Gasteiger partial charge in [0.1, 0.15) is 0 Å². The highest BCUT2D eigenvalue weighted by molar-refractivity contribution is 5.64. The van der Waals surface area contributed by atoms with Gasteiger partial charge in [0.15, 0.2) is 0 Å². The standard InChI is InChI=1S/C13H16/c1-3-10-8-11(4-2)13-7-5-6-12(13)9-10/h5,7-9H,3-4,6H2,1-2H3. The summed E-state index contributed by atoms with van der Waals surface area (Å²) in [5, 5.41) is 0. The molecule has 1 aliphatic carbocycles. The van der Waals surface area contributed by atoms with Gasteiger partial charge in [-0.05, 0) is 41.5 Å². The highest BCUT2D eigenvalue weighted by Crippen LogP contribution is 2.25. The van der Waals surface area contributed by atoms with Gasteiger partial charge in [-0.15, -0.1) is 0 Å². The second-order valence-electron chi connectivity index (χ2n) is 3.64. The van der Waals surface area contributed by atoms with Crippen LogP contribution in [0.1, 0.15) is 36.1 Å². The molecule has 0 spiro atoms. The van der Waals surface area contributed by atoms with Crippen LogP contribution in [0.5, 0.6) is 0 Å². The van der Waals surface area contributed by atoms with Gasteiger partial charge in [0.25, 0.3) is 0 Å². The fourth-order valence-electron chi connectivity index (χ4n) is 2.03. The van der Waals surface area contributed by atoms with Crippen LogP contribution in [0.15, 0.2) is 18.2 Å². The maximum Gasteiger partial charge on any atom is -0.00880 e. The van der Waals surface area contributed by atoms with Gasteiger partial charge in [-0.3, -0.25) is 0 Å². The van der Waals surface area contributed by atoms with Crippen molar-refractivity contribution in [2.24, 2.45) is 0 Å². The molecule has 0 N–H and O–H groups in total. The zero-order valence-corrected chi connectivity index (χ0v) is 8.43. The van der Waals surface area contributed by atoms with E-state index in [-0.39, 0.29) is 0 Å². The van der Waals surface area contributed by atoms with Gasteiger partial charge in [0.05, 0.1) is 0 Å². The lowest BCUT2D eigenvalue weighted by atomic mass is 9.97. The Hall–Kier alpha value is -1.04. The average Bonchev–Trinajstić information content (AvgIpc) is 2.63. The molecule has 0 saturated heterocycles. The number of hydrogen-bond donors (Lipinski definition) is 0. The molecule has 0 unspecified atom stereocenters. The van der Waals surface area contributed by atoms with Crippen LogP contribution in [0.2, 0.25) is 0 Å². The first kappa shape index (κ1) is 8.55. The van der Waals surface area contributed by atoms with Crippen LogP contribution < -0.4 is 0 Å². The van der Waals surface area contributed by atoms with E-state index in [1.54, 1.807) is 0 Å². The van der Waals surface area contributed by atoms with Crippen LogP contribution in [0.3, 0.4) is 0 Å². The van der Waals surface area contributed by atoms with Crippen molar-refractivity contribution in [3.05, 3.63) is 40.5 Å². The monoisotopic (exact) mass is 172 g/mol. The summed E-state index contributed by atoms with van der Waals surface area (Å²) in [6.45, 7) is 4.46. The van der Waals surface area contributed by atoms with E-state index in [4.69, 9.17) is 0 Å². The molecule has 0 heterocycles. The van der Waals surface area contributed by atoms with E-state index < -0.39 is 0 Å². The zero-order valence-electron chi connectivity index (χ0n) is 8.43. The lowest BCUT2D eigenvalue weighted by Crippen LogP contribution is -1.93. The van der Waals surface area contributed by atoms with Gasteiger partial charge < -0.3 is 0 Å². The quantitative estimate of drug-likeness (QED) is 0.641. The van der Waals surface area contributed by atoms with E-state index in [9.17, 15) is 0 Å². The molecular weight excluding hydrogens is 156 g/mol. The number of hydrogen-bond acceptors (Lipinski definition) is 0. The smallest absolute Gasteiger partial charge is 0.00880 e. The van der Waals surface area contributed by atoms with Gasteiger partial charge in [0.2, 0.25) is 0 Å². The molecule has 0 radical (unpaired) electrons. The van der Waals surface area contributed by atoms with Crippen molar-refractivity contribution in [2.45, 2.75) is 33.1 Å². The minimum Gasteiger partial charge on any atom is -0.0795 e. The second kappa shape index (κ2) is 3.37. The zero-order chi connectivity index (χ0) is 9.26. The maximum atomic E-state index is 2.36. The molecule has 13 heavy (non-hydrogen) atoms. The Balaban J connectivity index is 2.53. The Kier molecular flexibility index (Phi) is 2.22. The summed E-state index contributed by atoms with van der Waals surface area (Å²) in [5.74, 6) is 0. The Morgan fingerprint density at radius 1 is 1.15 bits per heavy atom. The van der Waals surface area contributed by atoms with Crippen LogP contribution in [0, 0.1) is 0 Å². The minimum absolute atomic E-state index is 1.14. The summed E-state index contributed by atoms with van der Waals surface area (Å²) >= 11 is 0. The van der Waals surface area contributed by atoms with Gasteiger partial charge in [0, 0.05) is 0 Å². The summed E-state index contributed by atoms with van der Waals surface area (Å²) in [7, 11) is 0. The molecule has 68 valence electrons. The molecule has 1 aromatic rings. The molecule has 2 rings (SSSR count). The molecule has 0 aliphatic heterocycles. The van der Waals surface area contributed by atoms with Crippen LogP contribution in [-0.2, 0) is 19.3 Å². The van der Waals surface area contributed by atoms with Gasteiger partial charge in [-0.2, -0.15) is 0 Å². The van der Waals surface area contributed by atoms with Crippen molar-refractivity contribution >= 4 is 6.08 Å². The molecule has 0 amide bonds. The lowest BCUT2D eigenvalue weighted by Gasteiger charge is -2.08. The number of aryl methyl sites for hydroxylation is 2. The predicted octanol–water partition coefficient (Wildman–Crippen LogP) is 3.38. The summed E-state index contributed by atoms with van der Waals surface area (Å²) in [5.41, 5.74) is 6.01. The van der Waals surface area contributed by atoms with Gasteiger partial charge in [-0.25, -0.2) is 0 Å². The van der Waals surface area contributed by atoms with Crippen molar-refractivity contribution in [1.29, 1.82) is 0 Å².